The molecule has 0 aliphatic carbocycles. The highest BCUT2D eigenvalue weighted by Gasteiger charge is 2.21. The SMILES string of the molecule is CC(=O)Oc1n[nH]c(=O)c2c1SCCS2. The van der Waals surface area contributed by atoms with Gasteiger partial charge in [-0.25, -0.2) is 5.10 Å². The molecule has 2 rings (SSSR count). The van der Waals surface area contributed by atoms with E-state index < -0.39 is 5.97 Å². The molecule has 0 bridgehead atoms. The molecule has 7 heteroatoms. The number of fused-ring (bicyclic) bond motifs is 1. The van der Waals surface area contributed by atoms with Crippen LogP contribution in [0.1, 0.15) is 6.92 Å². The van der Waals surface area contributed by atoms with Crippen LogP contribution < -0.4 is 10.3 Å². The van der Waals surface area contributed by atoms with Crippen molar-refractivity contribution in [3.63, 3.8) is 0 Å². The van der Waals surface area contributed by atoms with E-state index in [0.29, 0.717) is 9.79 Å². The Morgan fingerprint density at radius 2 is 2.07 bits per heavy atom. The third kappa shape index (κ3) is 2.18. The molecule has 15 heavy (non-hydrogen) atoms. The summed E-state index contributed by atoms with van der Waals surface area (Å²) >= 11 is 2.95. The zero-order valence-electron chi connectivity index (χ0n) is 7.90. The van der Waals surface area contributed by atoms with Crippen LogP contribution in [-0.4, -0.2) is 27.7 Å². The van der Waals surface area contributed by atoms with Gasteiger partial charge in [-0.2, -0.15) is 0 Å². The van der Waals surface area contributed by atoms with Crippen molar-refractivity contribution in [1.29, 1.82) is 0 Å². The third-order valence-electron chi connectivity index (χ3n) is 1.68. The van der Waals surface area contributed by atoms with Crippen LogP contribution >= 0.6 is 23.5 Å². The highest BCUT2D eigenvalue weighted by atomic mass is 32.2. The summed E-state index contributed by atoms with van der Waals surface area (Å²) < 4.78 is 4.91. The van der Waals surface area contributed by atoms with E-state index in [1.807, 2.05) is 0 Å². The zero-order valence-corrected chi connectivity index (χ0v) is 9.54. The Labute approximate surface area is 94.0 Å². The normalized spacial score (nSPS) is 14.5. The van der Waals surface area contributed by atoms with Gasteiger partial charge in [0.1, 0.15) is 0 Å². The number of rotatable bonds is 1. The number of hydrogen-bond donors (Lipinski definition) is 1. The first-order valence-electron chi connectivity index (χ1n) is 4.25. The van der Waals surface area contributed by atoms with Gasteiger partial charge in [0.25, 0.3) is 11.4 Å². The van der Waals surface area contributed by atoms with E-state index in [9.17, 15) is 9.59 Å². The quantitative estimate of drug-likeness (QED) is 0.740. The lowest BCUT2D eigenvalue weighted by atomic mass is 10.5. The monoisotopic (exact) mass is 244 g/mol. The molecule has 1 aliphatic rings. The van der Waals surface area contributed by atoms with Gasteiger partial charge in [-0.15, -0.1) is 28.6 Å². The maximum atomic E-state index is 11.4. The van der Waals surface area contributed by atoms with Gasteiger partial charge in [0.2, 0.25) is 0 Å². The van der Waals surface area contributed by atoms with Gasteiger partial charge < -0.3 is 4.74 Å². The average molecular weight is 244 g/mol. The maximum absolute atomic E-state index is 11.4. The van der Waals surface area contributed by atoms with E-state index in [-0.39, 0.29) is 11.4 Å². The fourth-order valence-electron chi connectivity index (χ4n) is 1.15. The molecule has 80 valence electrons. The number of H-pyrrole nitrogens is 1. The van der Waals surface area contributed by atoms with Crippen LogP contribution in [0.5, 0.6) is 5.88 Å². The number of aromatic amines is 1. The van der Waals surface area contributed by atoms with Crippen LogP contribution in [0.3, 0.4) is 0 Å². The van der Waals surface area contributed by atoms with Gasteiger partial charge in [0, 0.05) is 18.4 Å². The summed E-state index contributed by atoms with van der Waals surface area (Å²) in [5, 5.41) is 6.03. The second-order valence-corrected chi connectivity index (χ2v) is 5.02. The Balaban J connectivity index is 2.48. The van der Waals surface area contributed by atoms with Crippen molar-refractivity contribution in [2.75, 3.05) is 11.5 Å². The summed E-state index contributed by atoms with van der Waals surface area (Å²) in [4.78, 5) is 23.5. The molecule has 0 aromatic carbocycles. The highest BCUT2D eigenvalue weighted by Crippen LogP contribution is 2.38. The van der Waals surface area contributed by atoms with E-state index in [4.69, 9.17) is 4.74 Å². The fourth-order valence-corrected chi connectivity index (χ4v) is 3.41. The second kappa shape index (κ2) is 4.28. The number of thioether (sulfide) groups is 2. The summed E-state index contributed by atoms with van der Waals surface area (Å²) in [6, 6.07) is 0. The Hall–Kier alpha value is -0.950. The van der Waals surface area contributed by atoms with Crippen LogP contribution in [-0.2, 0) is 4.79 Å². The van der Waals surface area contributed by atoms with Crippen LogP contribution in [0.4, 0.5) is 0 Å². The molecule has 0 radical (unpaired) electrons. The van der Waals surface area contributed by atoms with Crippen LogP contribution in [0.25, 0.3) is 0 Å². The van der Waals surface area contributed by atoms with Crippen molar-refractivity contribution in [3.05, 3.63) is 10.4 Å². The van der Waals surface area contributed by atoms with E-state index >= 15 is 0 Å². The standard InChI is InChI=1S/C8H8N2O3S2/c1-4(11)13-8-6-5(7(12)9-10-8)14-2-3-15-6/h2-3H2,1H3,(H,9,12). The number of carbonyl (C=O) groups is 1. The number of ether oxygens (including phenoxy) is 1. The molecule has 1 N–H and O–H groups in total. The van der Waals surface area contributed by atoms with Crippen molar-refractivity contribution in [3.8, 4) is 5.88 Å². The van der Waals surface area contributed by atoms with Gasteiger partial charge in [-0.3, -0.25) is 9.59 Å². The molecule has 5 nitrogen and oxygen atoms in total. The number of esters is 1. The lowest BCUT2D eigenvalue weighted by Crippen LogP contribution is -2.17. The number of aromatic nitrogens is 2. The first-order chi connectivity index (χ1) is 7.18. The summed E-state index contributed by atoms with van der Waals surface area (Å²) in [7, 11) is 0. The Bertz CT molecular complexity index is 458. The molecule has 1 aromatic heterocycles. The third-order valence-corrected chi connectivity index (χ3v) is 4.23. The predicted molar refractivity (Wildman–Crippen MR) is 57.6 cm³/mol. The number of nitrogens with zero attached hydrogens (tertiary/aromatic N) is 1. The molecule has 1 aromatic rings. The molecular weight excluding hydrogens is 236 g/mol. The fraction of sp³-hybridized carbons (Fsp3) is 0.375. The molecule has 0 spiro atoms. The van der Waals surface area contributed by atoms with Crippen molar-refractivity contribution < 1.29 is 9.53 Å². The largest absolute Gasteiger partial charge is 0.405 e. The Kier molecular flexibility index (Phi) is 3.01. The predicted octanol–water partition coefficient (Wildman–Crippen LogP) is 0.893. The topological polar surface area (TPSA) is 72.0 Å². The molecule has 0 fully saturated rings. The van der Waals surface area contributed by atoms with E-state index in [1.54, 1.807) is 0 Å². The number of carbonyl (C=O) groups excluding carboxylic acids is 1. The zero-order chi connectivity index (χ0) is 10.8. The molecule has 0 unspecified atom stereocenters. The molecule has 0 saturated heterocycles. The Morgan fingerprint density at radius 3 is 2.73 bits per heavy atom. The van der Waals surface area contributed by atoms with Gasteiger partial charge in [-0.05, 0) is 0 Å². The molecular formula is C8H8N2O3S2. The molecule has 0 saturated carbocycles. The van der Waals surface area contributed by atoms with Crippen LogP contribution in [0.2, 0.25) is 0 Å². The summed E-state index contributed by atoms with van der Waals surface area (Å²) in [5.74, 6) is 1.53. The Morgan fingerprint density at radius 1 is 1.40 bits per heavy atom. The first-order valence-corrected chi connectivity index (χ1v) is 6.22. The smallest absolute Gasteiger partial charge is 0.309 e. The lowest BCUT2D eigenvalue weighted by Gasteiger charge is -2.14. The van der Waals surface area contributed by atoms with E-state index in [1.165, 1.54) is 30.4 Å². The summed E-state index contributed by atoms with van der Waals surface area (Å²) in [6.45, 7) is 1.31. The van der Waals surface area contributed by atoms with Crippen LogP contribution in [0, 0.1) is 0 Å². The van der Waals surface area contributed by atoms with Crippen molar-refractivity contribution in [2.45, 2.75) is 16.7 Å². The van der Waals surface area contributed by atoms with Gasteiger partial charge in [-0.1, -0.05) is 0 Å². The van der Waals surface area contributed by atoms with Crippen molar-refractivity contribution >= 4 is 29.5 Å². The highest BCUT2D eigenvalue weighted by molar-refractivity contribution is 8.05. The van der Waals surface area contributed by atoms with E-state index in [2.05, 4.69) is 10.2 Å². The lowest BCUT2D eigenvalue weighted by molar-refractivity contribution is -0.132. The summed E-state index contributed by atoms with van der Waals surface area (Å²) in [6.07, 6.45) is 0. The minimum atomic E-state index is -0.437. The average Bonchev–Trinajstić information content (AvgIpc) is 2.22. The van der Waals surface area contributed by atoms with Gasteiger partial charge in [0.05, 0.1) is 9.79 Å². The summed E-state index contributed by atoms with van der Waals surface area (Å²) in [5.41, 5.74) is -0.224. The molecule has 1 aliphatic heterocycles. The minimum absolute atomic E-state index is 0.203. The number of nitrogens with one attached hydrogen (secondary N) is 1. The van der Waals surface area contributed by atoms with Gasteiger partial charge in [0.15, 0.2) is 0 Å². The van der Waals surface area contributed by atoms with Gasteiger partial charge >= 0.3 is 5.97 Å². The molecule has 0 amide bonds. The van der Waals surface area contributed by atoms with Crippen molar-refractivity contribution in [2.24, 2.45) is 0 Å². The number of hydrogen-bond acceptors (Lipinski definition) is 6. The second-order valence-electron chi connectivity index (χ2n) is 2.81. The molecule has 0 atom stereocenters. The first kappa shape index (κ1) is 10.6. The maximum Gasteiger partial charge on any atom is 0.309 e. The van der Waals surface area contributed by atoms with E-state index in [0.717, 1.165) is 11.5 Å². The molecule has 2 heterocycles. The minimum Gasteiger partial charge on any atom is -0.405 e. The van der Waals surface area contributed by atoms with Crippen molar-refractivity contribution in [1.82, 2.24) is 10.2 Å². The van der Waals surface area contributed by atoms with Crippen LogP contribution in [0.15, 0.2) is 14.6 Å².